The molecule has 4 rings (SSSR count). The van der Waals surface area contributed by atoms with Crippen LogP contribution in [0, 0.1) is 5.82 Å². The first-order valence-electron chi connectivity index (χ1n) is 8.93. The molecule has 0 radical (unpaired) electrons. The van der Waals surface area contributed by atoms with Crippen molar-refractivity contribution in [2.75, 3.05) is 24.3 Å². The maximum Gasteiger partial charge on any atom is 0.237 e. The van der Waals surface area contributed by atoms with Gasteiger partial charge in [0.15, 0.2) is 5.82 Å². The first kappa shape index (κ1) is 18.5. The van der Waals surface area contributed by atoms with E-state index in [2.05, 4.69) is 15.2 Å². The van der Waals surface area contributed by atoms with Crippen LogP contribution in [0.5, 0.6) is 5.75 Å². The molecule has 2 aromatic carbocycles. The predicted molar refractivity (Wildman–Crippen MR) is 106 cm³/mol. The highest BCUT2D eigenvalue weighted by atomic mass is 32.2. The van der Waals surface area contributed by atoms with Gasteiger partial charge in [0.2, 0.25) is 11.1 Å². The molecule has 28 heavy (non-hydrogen) atoms. The first-order chi connectivity index (χ1) is 13.7. The minimum absolute atomic E-state index is 0.00615. The number of nitrogens with one attached hydrogen (secondary N) is 1. The van der Waals surface area contributed by atoms with Crippen LogP contribution in [0.25, 0.3) is 11.4 Å². The van der Waals surface area contributed by atoms with Gasteiger partial charge in [-0.15, -0.1) is 5.10 Å². The number of nitrogens with zero attached hydrogens (tertiary/aromatic N) is 3. The molecule has 3 aromatic rings. The molecule has 6 nitrogen and oxygen atoms in total. The molecule has 0 saturated carbocycles. The number of H-pyrrole nitrogens is 1. The molecule has 0 atom stereocenters. The van der Waals surface area contributed by atoms with E-state index in [1.807, 2.05) is 18.2 Å². The van der Waals surface area contributed by atoms with Gasteiger partial charge >= 0.3 is 0 Å². The Morgan fingerprint density at radius 3 is 3.00 bits per heavy atom. The van der Waals surface area contributed by atoms with Crippen LogP contribution in [0.1, 0.15) is 12.0 Å². The van der Waals surface area contributed by atoms with E-state index < -0.39 is 0 Å². The van der Waals surface area contributed by atoms with Gasteiger partial charge in [0.1, 0.15) is 11.6 Å². The number of aromatic nitrogens is 3. The zero-order valence-electron chi connectivity index (χ0n) is 15.3. The van der Waals surface area contributed by atoms with Gasteiger partial charge in [-0.2, -0.15) is 0 Å². The molecule has 1 aromatic heterocycles. The summed E-state index contributed by atoms with van der Waals surface area (Å²) in [6.45, 7) is 0.688. The van der Waals surface area contributed by atoms with Crippen molar-refractivity contribution in [3.63, 3.8) is 0 Å². The van der Waals surface area contributed by atoms with Gasteiger partial charge in [-0.05, 0) is 48.7 Å². The Kier molecular flexibility index (Phi) is 5.29. The lowest BCUT2D eigenvalue weighted by molar-refractivity contribution is -0.116. The zero-order valence-corrected chi connectivity index (χ0v) is 16.1. The number of anilines is 1. The molecule has 144 valence electrons. The highest BCUT2D eigenvalue weighted by Gasteiger charge is 2.23. The van der Waals surface area contributed by atoms with Crippen molar-refractivity contribution in [1.82, 2.24) is 15.2 Å². The number of ether oxygens (including phenoxy) is 1. The summed E-state index contributed by atoms with van der Waals surface area (Å²) in [7, 11) is 1.64. The number of thioether (sulfide) groups is 1. The summed E-state index contributed by atoms with van der Waals surface area (Å²) in [5.41, 5.74) is 2.40. The molecule has 0 unspecified atom stereocenters. The predicted octanol–water partition coefficient (Wildman–Crippen LogP) is 3.69. The monoisotopic (exact) mass is 398 g/mol. The molecule has 1 aliphatic heterocycles. The number of hydrogen-bond acceptors (Lipinski definition) is 5. The number of benzene rings is 2. The molecule has 1 aliphatic rings. The fourth-order valence-corrected chi connectivity index (χ4v) is 3.92. The highest BCUT2D eigenvalue weighted by Crippen LogP contribution is 2.31. The lowest BCUT2D eigenvalue weighted by atomic mass is 10.0. The summed E-state index contributed by atoms with van der Waals surface area (Å²) in [6.07, 6.45) is 1.84. The maximum atomic E-state index is 13.9. The Labute approximate surface area is 166 Å². The van der Waals surface area contributed by atoms with Crippen molar-refractivity contribution in [3.05, 3.63) is 53.8 Å². The summed E-state index contributed by atoms with van der Waals surface area (Å²) in [5.74, 6) is 0.979. The van der Waals surface area contributed by atoms with Crippen LogP contribution < -0.4 is 9.64 Å². The molecule has 1 N–H and O–H groups in total. The van der Waals surface area contributed by atoms with E-state index in [0.717, 1.165) is 29.8 Å². The van der Waals surface area contributed by atoms with Crippen molar-refractivity contribution in [2.24, 2.45) is 0 Å². The maximum absolute atomic E-state index is 13.9. The second-order valence-corrected chi connectivity index (χ2v) is 7.32. The summed E-state index contributed by atoms with van der Waals surface area (Å²) in [5, 5.41) is 7.24. The van der Waals surface area contributed by atoms with Crippen LogP contribution in [-0.4, -0.2) is 40.5 Å². The third-order valence-corrected chi connectivity index (χ3v) is 5.46. The molecule has 8 heteroatoms. The Balaban J connectivity index is 1.44. The number of methoxy groups -OCH3 is 1. The average molecular weight is 398 g/mol. The van der Waals surface area contributed by atoms with Crippen LogP contribution in [0.2, 0.25) is 0 Å². The fourth-order valence-electron chi connectivity index (χ4n) is 3.25. The minimum Gasteiger partial charge on any atom is -0.497 e. The molecule has 1 amide bonds. The van der Waals surface area contributed by atoms with Crippen molar-refractivity contribution in [1.29, 1.82) is 0 Å². The van der Waals surface area contributed by atoms with Crippen molar-refractivity contribution in [3.8, 4) is 17.1 Å². The highest BCUT2D eigenvalue weighted by molar-refractivity contribution is 7.99. The molecular weight excluding hydrogens is 379 g/mol. The number of fused-ring (bicyclic) bond motifs is 1. The number of aromatic amines is 1. The normalized spacial score (nSPS) is 13.3. The number of carbonyl (C=O) groups excluding carboxylic acids is 1. The van der Waals surface area contributed by atoms with Gasteiger partial charge in [0.05, 0.1) is 18.4 Å². The van der Waals surface area contributed by atoms with Crippen molar-refractivity contribution >= 4 is 23.4 Å². The number of rotatable bonds is 5. The SMILES string of the molecule is COc1ccc2c(c1)CCCN2C(=O)CSc1n[nH]c(-c2ccccc2F)n1. The Morgan fingerprint density at radius 1 is 1.32 bits per heavy atom. The number of hydrogen-bond donors (Lipinski definition) is 1. The minimum atomic E-state index is -0.369. The third kappa shape index (κ3) is 3.73. The van der Waals surface area contributed by atoms with E-state index in [1.165, 1.54) is 17.8 Å². The fraction of sp³-hybridized carbons (Fsp3) is 0.250. The van der Waals surface area contributed by atoms with Crippen LogP contribution >= 0.6 is 11.8 Å². The largest absolute Gasteiger partial charge is 0.497 e. The van der Waals surface area contributed by atoms with Crippen LogP contribution in [0.4, 0.5) is 10.1 Å². The quantitative estimate of drug-likeness (QED) is 0.664. The first-order valence-corrected chi connectivity index (χ1v) is 9.91. The topological polar surface area (TPSA) is 71.1 Å². The molecular formula is C20H19FN4O2S. The molecule has 0 saturated heterocycles. The third-order valence-electron chi connectivity index (χ3n) is 4.62. The summed E-state index contributed by atoms with van der Waals surface area (Å²) < 4.78 is 19.1. The van der Waals surface area contributed by atoms with Gasteiger partial charge in [-0.1, -0.05) is 23.9 Å². The van der Waals surface area contributed by atoms with Crippen molar-refractivity contribution in [2.45, 2.75) is 18.0 Å². The summed E-state index contributed by atoms with van der Waals surface area (Å²) in [6, 6.07) is 12.1. The van der Waals surface area contributed by atoms with E-state index >= 15 is 0 Å². The zero-order chi connectivity index (χ0) is 19.5. The molecule has 0 aliphatic carbocycles. The second kappa shape index (κ2) is 8.02. The van der Waals surface area contributed by atoms with Crippen LogP contribution in [-0.2, 0) is 11.2 Å². The van der Waals surface area contributed by atoms with Crippen LogP contribution in [0.15, 0.2) is 47.6 Å². The number of amides is 1. The van der Waals surface area contributed by atoms with Gasteiger partial charge in [-0.25, -0.2) is 9.37 Å². The Hall–Kier alpha value is -2.87. The van der Waals surface area contributed by atoms with E-state index in [1.54, 1.807) is 30.2 Å². The molecule has 2 heterocycles. The molecule has 0 fully saturated rings. The van der Waals surface area contributed by atoms with E-state index in [4.69, 9.17) is 4.74 Å². The van der Waals surface area contributed by atoms with E-state index in [9.17, 15) is 9.18 Å². The number of aryl methyl sites for hydroxylation is 1. The summed E-state index contributed by atoms with van der Waals surface area (Å²) >= 11 is 1.23. The van der Waals surface area contributed by atoms with E-state index in [0.29, 0.717) is 23.1 Å². The number of halogens is 1. The average Bonchev–Trinajstić information content (AvgIpc) is 3.20. The molecule has 0 bridgehead atoms. The van der Waals surface area contributed by atoms with Gasteiger partial charge < -0.3 is 9.64 Å². The Bertz CT molecular complexity index is 1010. The second-order valence-electron chi connectivity index (χ2n) is 6.38. The Morgan fingerprint density at radius 2 is 2.18 bits per heavy atom. The lowest BCUT2D eigenvalue weighted by Gasteiger charge is -2.29. The molecule has 0 spiro atoms. The van der Waals surface area contributed by atoms with Gasteiger partial charge in [0.25, 0.3) is 0 Å². The van der Waals surface area contributed by atoms with E-state index in [-0.39, 0.29) is 17.5 Å². The van der Waals surface area contributed by atoms with Gasteiger partial charge in [-0.3, -0.25) is 9.89 Å². The van der Waals surface area contributed by atoms with Crippen molar-refractivity contribution < 1.29 is 13.9 Å². The van der Waals surface area contributed by atoms with Gasteiger partial charge in [0, 0.05) is 12.2 Å². The lowest BCUT2D eigenvalue weighted by Crippen LogP contribution is -2.36. The van der Waals surface area contributed by atoms with Crippen LogP contribution in [0.3, 0.4) is 0 Å². The summed E-state index contributed by atoms with van der Waals surface area (Å²) in [4.78, 5) is 18.9. The number of carbonyl (C=O) groups is 1. The smallest absolute Gasteiger partial charge is 0.237 e. The standard InChI is InChI=1S/C20H19FN4O2S/c1-27-14-8-9-17-13(11-14)5-4-10-25(17)18(26)12-28-20-22-19(23-24-20)15-6-2-3-7-16(15)21/h2-3,6-9,11H,4-5,10,12H2,1H3,(H,22,23,24).